The molecular weight excluding hydrogens is 360 g/mol. The Hall–Kier alpha value is -3.59. The van der Waals surface area contributed by atoms with Gasteiger partial charge in [-0.15, -0.1) is 0 Å². The number of Topliss-reactive ketones (excluding diaryl/α,β-unsaturated/α-hetero) is 1. The summed E-state index contributed by atoms with van der Waals surface area (Å²) in [5, 5.41) is 0. The molecular formula is C26H22O3. The summed E-state index contributed by atoms with van der Waals surface area (Å²) in [5.41, 5.74) is 5.17. The second-order valence-corrected chi connectivity index (χ2v) is 7.11. The van der Waals surface area contributed by atoms with E-state index in [2.05, 4.69) is 32.0 Å². The summed E-state index contributed by atoms with van der Waals surface area (Å²) in [4.78, 5) is 12.5. The van der Waals surface area contributed by atoms with Crippen molar-refractivity contribution in [3.63, 3.8) is 0 Å². The van der Waals surface area contributed by atoms with Crippen LogP contribution in [-0.4, -0.2) is 5.78 Å². The molecule has 3 aromatic rings. The number of ketones is 1. The van der Waals surface area contributed by atoms with E-state index >= 15 is 0 Å². The Morgan fingerprint density at radius 3 is 2.62 bits per heavy atom. The van der Waals surface area contributed by atoms with Gasteiger partial charge in [0, 0.05) is 6.07 Å². The van der Waals surface area contributed by atoms with Gasteiger partial charge in [0.2, 0.25) is 5.78 Å². The van der Waals surface area contributed by atoms with Gasteiger partial charge in [0.15, 0.2) is 5.76 Å². The van der Waals surface area contributed by atoms with E-state index in [1.807, 2.05) is 48.6 Å². The predicted molar refractivity (Wildman–Crippen MR) is 115 cm³/mol. The van der Waals surface area contributed by atoms with E-state index in [0.29, 0.717) is 29.4 Å². The number of aryl methyl sites for hydroxylation is 2. The molecule has 29 heavy (non-hydrogen) atoms. The molecule has 0 atom stereocenters. The Bertz CT molecular complexity index is 1110. The zero-order valence-electron chi connectivity index (χ0n) is 16.5. The molecule has 1 heterocycles. The predicted octanol–water partition coefficient (Wildman–Crippen LogP) is 6.05. The van der Waals surface area contributed by atoms with Crippen LogP contribution >= 0.6 is 0 Å². The molecule has 0 saturated carbocycles. The monoisotopic (exact) mass is 382 g/mol. The Balaban J connectivity index is 1.46. The lowest BCUT2D eigenvalue weighted by atomic mass is 10.1. The molecule has 3 heteroatoms. The summed E-state index contributed by atoms with van der Waals surface area (Å²) < 4.78 is 11.7. The number of rotatable bonds is 5. The number of allylic oxidation sites excluding steroid dienone is 3. The first-order valence-electron chi connectivity index (χ1n) is 9.59. The van der Waals surface area contributed by atoms with Gasteiger partial charge >= 0.3 is 0 Å². The van der Waals surface area contributed by atoms with Crippen molar-refractivity contribution in [1.29, 1.82) is 0 Å². The lowest BCUT2D eigenvalue weighted by Crippen LogP contribution is -1.99. The smallest absolute Gasteiger partial charge is 0.231 e. The molecule has 4 rings (SSSR count). The summed E-state index contributed by atoms with van der Waals surface area (Å²) >= 11 is 0. The molecule has 0 fully saturated rings. The minimum absolute atomic E-state index is 0.112. The molecule has 0 amide bonds. The van der Waals surface area contributed by atoms with Crippen molar-refractivity contribution in [2.24, 2.45) is 0 Å². The minimum atomic E-state index is -0.112. The second-order valence-electron chi connectivity index (χ2n) is 7.11. The maximum atomic E-state index is 12.5. The molecule has 0 unspecified atom stereocenters. The van der Waals surface area contributed by atoms with Gasteiger partial charge < -0.3 is 9.47 Å². The van der Waals surface area contributed by atoms with Crippen LogP contribution in [0.2, 0.25) is 0 Å². The average molecular weight is 382 g/mol. The Morgan fingerprint density at radius 2 is 1.79 bits per heavy atom. The number of carbonyl (C=O) groups is 1. The quantitative estimate of drug-likeness (QED) is 0.504. The molecule has 3 aromatic carbocycles. The highest BCUT2D eigenvalue weighted by molar-refractivity contribution is 6.12. The van der Waals surface area contributed by atoms with E-state index in [1.165, 1.54) is 11.1 Å². The number of hydrogen-bond acceptors (Lipinski definition) is 3. The fourth-order valence-corrected chi connectivity index (χ4v) is 3.20. The van der Waals surface area contributed by atoms with Crippen molar-refractivity contribution in [3.05, 3.63) is 112 Å². The van der Waals surface area contributed by atoms with Crippen molar-refractivity contribution in [2.45, 2.75) is 20.5 Å². The fraction of sp³-hybridized carbons (Fsp3) is 0.115. The van der Waals surface area contributed by atoms with Crippen LogP contribution in [0.5, 0.6) is 11.5 Å². The number of carbonyl (C=O) groups excluding carboxylic acids is 1. The molecule has 1 aliphatic heterocycles. The van der Waals surface area contributed by atoms with Crippen molar-refractivity contribution >= 4 is 11.9 Å². The van der Waals surface area contributed by atoms with E-state index in [9.17, 15) is 4.79 Å². The zero-order valence-corrected chi connectivity index (χ0v) is 16.5. The van der Waals surface area contributed by atoms with Crippen molar-refractivity contribution < 1.29 is 14.3 Å². The Kier molecular flexibility index (Phi) is 5.30. The molecule has 0 bridgehead atoms. The van der Waals surface area contributed by atoms with Gasteiger partial charge in [-0.2, -0.15) is 0 Å². The first kappa shape index (κ1) is 18.8. The van der Waals surface area contributed by atoms with Gasteiger partial charge in [-0.05, 0) is 48.7 Å². The highest BCUT2D eigenvalue weighted by Gasteiger charge is 2.27. The van der Waals surface area contributed by atoms with Crippen LogP contribution < -0.4 is 9.47 Å². The van der Waals surface area contributed by atoms with E-state index in [-0.39, 0.29) is 5.78 Å². The lowest BCUT2D eigenvalue weighted by molar-refractivity contribution is 0.101. The van der Waals surface area contributed by atoms with E-state index in [1.54, 1.807) is 18.2 Å². The third-order valence-corrected chi connectivity index (χ3v) is 4.88. The van der Waals surface area contributed by atoms with E-state index < -0.39 is 0 Å². The standard InChI is InChI=1S/C26H22O3/c1-18-11-12-19(2)21(15-18)17-28-22-13-14-23-25(16-22)29-24(26(23)27)10-6-9-20-7-4-3-5-8-20/h3-16H,17H2,1-2H3. The van der Waals surface area contributed by atoms with E-state index in [4.69, 9.17) is 9.47 Å². The van der Waals surface area contributed by atoms with Gasteiger partial charge in [-0.3, -0.25) is 4.79 Å². The Labute approximate surface area is 170 Å². The summed E-state index contributed by atoms with van der Waals surface area (Å²) in [6.45, 7) is 4.61. The molecule has 144 valence electrons. The normalized spacial score (nSPS) is 14.3. The van der Waals surface area contributed by atoms with Crippen LogP contribution in [0, 0.1) is 13.8 Å². The van der Waals surface area contributed by atoms with Crippen molar-refractivity contribution in [1.82, 2.24) is 0 Å². The maximum Gasteiger partial charge on any atom is 0.231 e. The van der Waals surface area contributed by atoms with Gasteiger partial charge in [0.25, 0.3) is 0 Å². The summed E-state index contributed by atoms with van der Waals surface area (Å²) in [5.74, 6) is 1.42. The molecule has 0 radical (unpaired) electrons. The number of hydrogen-bond donors (Lipinski definition) is 0. The average Bonchev–Trinajstić information content (AvgIpc) is 3.04. The first-order chi connectivity index (χ1) is 14.1. The molecule has 0 aromatic heterocycles. The van der Waals surface area contributed by atoms with Crippen LogP contribution in [0.25, 0.3) is 6.08 Å². The topological polar surface area (TPSA) is 35.5 Å². The third kappa shape index (κ3) is 4.30. The maximum absolute atomic E-state index is 12.5. The summed E-state index contributed by atoms with van der Waals surface area (Å²) in [7, 11) is 0. The van der Waals surface area contributed by atoms with Gasteiger partial charge in [0.05, 0.1) is 5.56 Å². The van der Waals surface area contributed by atoms with Crippen LogP contribution in [-0.2, 0) is 6.61 Å². The molecule has 0 aliphatic carbocycles. The van der Waals surface area contributed by atoms with Crippen LogP contribution in [0.1, 0.15) is 32.6 Å². The number of fused-ring (bicyclic) bond motifs is 1. The molecule has 0 N–H and O–H groups in total. The van der Waals surface area contributed by atoms with Crippen molar-refractivity contribution in [3.8, 4) is 11.5 Å². The molecule has 0 spiro atoms. The van der Waals surface area contributed by atoms with Gasteiger partial charge in [-0.25, -0.2) is 0 Å². The number of benzene rings is 3. The summed E-state index contributed by atoms with van der Waals surface area (Å²) in [6.07, 6.45) is 5.46. The largest absolute Gasteiger partial charge is 0.489 e. The second kappa shape index (κ2) is 8.19. The van der Waals surface area contributed by atoms with E-state index in [0.717, 1.165) is 11.1 Å². The fourth-order valence-electron chi connectivity index (χ4n) is 3.20. The molecule has 0 saturated heterocycles. The molecule has 1 aliphatic rings. The number of ether oxygens (including phenoxy) is 2. The zero-order chi connectivity index (χ0) is 20.2. The molecule has 3 nitrogen and oxygen atoms in total. The minimum Gasteiger partial charge on any atom is -0.489 e. The highest BCUT2D eigenvalue weighted by Crippen LogP contribution is 2.34. The first-order valence-corrected chi connectivity index (χ1v) is 9.59. The Morgan fingerprint density at radius 1 is 0.966 bits per heavy atom. The SMILES string of the molecule is Cc1ccc(C)c(COc2ccc3c(c2)OC(=CC=Cc2ccccc2)C3=O)c1. The van der Waals surface area contributed by atoms with Crippen LogP contribution in [0.15, 0.2) is 84.6 Å². The van der Waals surface area contributed by atoms with Crippen LogP contribution in [0.4, 0.5) is 0 Å². The lowest BCUT2D eigenvalue weighted by Gasteiger charge is -2.10. The third-order valence-electron chi connectivity index (χ3n) is 4.88. The van der Waals surface area contributed by atoms with Crippen LogP contribution in [0.3, 0.4) is 0 Å². The summed E-state index contributed by atoms with van der Waals surface area (Å²) in [6, 6.07) is 21.6. The van der Waals surface area contributed by atoms with Gasteiger partial charge in [0.1, 0.15) is 18.1 Å². The van der Waals surface area contributed by atoms with Gasteiger partial charge in [-0.1, -0.05) is 66.2 Å². The van der Waals surface area contributed by atoms with Crippen molar-refractivity contribution in [2.75, 3.05) is 0 Å². The highest BCUT2D eigenvalue weighted by atomic mass is 16.5.